The molecule has 10 rings (SSSR count). The van der Waals surface area contributed by atoms with Gasteiger partial charge in [0.25, 0.3) is 11.7 Å². The molecule has 35 nitrogen and oxygen atoms in total. The van der Waals surface area contributed by atoms with E-state index in [0.29, 0.717) is 36.7 Å². The van der Waals surface area contributed by atoms with Crippen molar-refractivity contribution in [1.82, 2.24) is 19.4 Å². The smallest absolute Gasteiger partial charge is 0.342 e. The number of carbonyl (C=O) groups excluding carboxylic acids is 5. The summed E-state index contributed by atoms with van der Waals surface area (Å²) in [5, 5.41) is 115. The summed E-state index contributed by atoms with van der Waals surface area (Å²) in [7, 11) is 8.23. The average Bonchev–Trinajstić information content (AvgIpc) is 1.54. The number of fused-ring (bicyclic) bond motifs is 1. The number of methoxy groups -OCH3 is 3. The molecule has 4 bridgehead atoms. The number of aliphatic hydroxyl groups is 7. The van der Waals surface area contributed by atoms with Gasteiger partial charge in [-0.25, -0.2) is 14.5 Å². The number of likely N-dealkylation sites (tertiary alicyclic amines) is 1. The molecule has 0 aliphatic carbocycles. The van der Waals surface area contributed by atoms with E-state index in [9.17, 15) is 74.9 Å². The van der Waals surface area contributed by atoms with Crippen molar-refractivity contribution in [3.63, 3.8) is 0 Å². The maximum atomic E-state index is 14.7. The first kappa shape index (κ1) is 103. The number of amides is 1. The Morgan fingerprint density at radius 3 is 2.01 bits per heavy atom. The Morgan fingerprint density at radius 2 is 1.43 bits per heavy atom. The third-order valence-corrected chi connectivity index (χ3v) is 26.7. The molecule has 1 aromatic heterocycles. The molecule has 3 aromatic rings. The molecule has 1 amide bonds. The van der Waals surface area contributed by atoms with Crippen LogP contribution in [0, 0.1) is 77.2 Å². The van der Waals surface area contributed by atoms with E-state index in [1.165, 1.54) is 59.1 Å². The third-order valence-electron chi connectivity index (χ3n) is 26.7. The van der Waals surface area contributed by atoms with Crippen LogP contribution in [0.1, 0.15) is 192 Å². The molecule has 8 heterocycles. The van der Waals surface area contributed by atoms with Crippen LogP contribution in [0.5, 0.6) is 17.2 Å². The minimum absolute atomic E-state index is 0.0538. The number of allylic oxidation sites excluding steroid dienone is 2. The van der Waals surface area contributed by atoms with Crippen molar-refractivity contribution >= 4 is 51.7 Å². The van der Waals surface area contributed by atoms with Crippen molar-refractivity contribution in [3.8, 4) is 17.2 Å². The monoisotopic (exact) mass is 1760 g/mol. The molecule has 702 valence electrons. The number of hydrogen-bond donors (Lipinski definition) is 10. The van der Waals surface area contributed by atoms with E-state index >= 15 is 0 Å². The molecule has 125 heavy (non-hydrogen) atoms. The predicted octanol–water partition coefficient (Wildman–Crippen LogP) is 7.28. The number of aryl methyl sites for hydroxylation is 1. The average molecular weight is 1770 g/mol. The van der Waals surface area contributed by atoms with E-state index < -0.39 is 190 Å². The number of aromatic nitrogens is 2. The number of anilines is 1. The molecular formula is C90H140N8O27. The first-order valence-corrected chi connectivity index (χ1v) is 43.5. The fourth-order valence-corrected chi connectivity index (χ4v) is 18.8. The van der Waals surface area contributed by atoms with E-state index in [1.54, 1.807) is 121 Å². The summed E-state index contributed by atoms with van der Waals surface area (Å²) in [6.45, 7) is 38.3. The number of imidazole rings is 1. The quantitative estimate of drug-likeness (QED) is 0.0309. The Bertz CT molecular complexity index is 4530. The van der Waals surface area contributed by atoms with Crippen LogP contribution in [0.4, 0.5) is 11.5 Å². The summed E-state index contributed by atoms with van der Waals surface area (Å²) in [6, 6.07) is -0.283. The lowest BCUT2D eigenvalue weighted by Gasteiger charge is -2.50. The number of carbonyl (C=O) groups is 5. The number of phenolic OH excluding ortho intramolecular Hbond substituents is 2. The van der Waals surface area contributed by atoms with E-state index in [-0.39, 0.29) is 106 Å². The fourth-order valence-electron chi connectivity index (χ4n) is 18.8. The zero-order valence-electron chi connectivity index (χ0n) is 77.6. The normalized spacial score (nSPS) is 37.3. The molecule has 10 N–H and O–H groups in total. The summed E-state index contributed by atoms with van der Waals surface area (Å²) in [6.07, 6.45) is -2.47. The summed E-state index contributed by atoms with van der Waals surface area (Å²) < 4.78 is 69.2. The predicted molar refractivity (Wildman–Crippen MR) is 459 cm³/mol. The van der Waals surface area contributed by atoms with Gasteiger partial charge in [0.05, 0.1) is 95.5 Å². The van der Waals surface area contributed by atoms with Gasteiger partial charge in [0, 0.05) is 145 Å². The second-order valence-corrected chi connectivity index (χ2v) is 36.9. The molecule has 4 saturated heterocycles. The number of aromatic hydroxyl groups is 2. The zero-order valence-corrected chi connectivity index (χ0v) is 77.6. The number of cyclic esters (lactones) is 1. The molecule has 4 fully saturated rings. The van der Waals surface area contributed by atoms with Crippen LogP contribution < -0.4 is 20.8 Å². The number of likely N-dealkylation sites (N-methyl/N-ethyl adjacent to an activating group) is 1. The van der Waals surface area contributed by atoms with Crippen molar-refractivity contribution in [3.05, 3.63) is 80.1 Å². The Labute approximate surface area is 733 Å². The van der Waals surface area contributed by atoms with Crippen LogP contribution in [0.3, 0.4) is 0 Å². The van der Waals surface area contributed by atoms with Crippen molar-refractivity contribution in [1.29, 1.82) is 0 Å². The lowest BCUT2D eigenvalue weighted by molar-refractivity contribution is -0.392. The van der Waals surface area contributed by atoms with Gasteiger partial charge in [-0.1, -0.05) is 87.5 Å². The van der Waals surface area contributed by atoms with Crippen LogP contribution in [0.2, 0.25) is 0 Å². The van der Waals surface area contributed by atoms with Crippen molar-refractivity contribution in [2.45, 2.75) is 311 Å². The van der Waals surface area contributed by atoms with Gasteiger partial charge in [0.15, 0.2) is 24.2 Å². The van der Waals surface area contributed by atoms with Crippen LogP contribution in [0.15, 0.2) is 52.3 Å². The minimum Gasteiger partial charge on any atom is -0.507 e. The SMILES string of the molecule is CC[C@H]1OC(=O)[C@H](C)[C@@H](O[C@H]2C[C@@](C)(OC)[C@@H](O)[C@H](C)O2)C(C)[C@@H](O[C@@H]2O[C@H](C)C[C@H](N(C)C)[C@H]2O)[C@](C)(OC)C[C@@H](C)C(=O)[C@H](C)[C@@H](O)[C@]1(C)O.CO[C@H]1/C=C/O[C@@]2(C)Oc3c(C)c(O)c4c(O)c(c5c(c4c3C2=O)NC2(CCN(CC(C)C)CC2)N=5)=NC(=O)/C(C)=C\C=C\[C@H](C)[C@H](O)[C@@H](C)[C@@H](O)[C@@H](C)[C@H](OC(C)=O)[C@@H]1C.Cc1ncc([N+](=O)[O-])n1CCO. The van der Waals surface area contributed by atoms with Crippen LogP contribution in [-0.2, 0) is 73.1 Å². The maximum absolute atomic E-state index is 14.7. The second kappa shape index (κ2) is 41.9. The number of ketones is 2. The maximum Gasteiger partial charge on any atom is 0.342 e. The highest BCUT2D eigenvalue weighted by atomic mass is 16.7. The number of nitrogens with zero attached hydrogens (tertiary/aromatic N) is 7. The van der Waals surface area contributed by atoms with Crippen molar-refractivity contribution in [2.75, 3.05) is 67.0 Å². The molecular weight excluding hydrogens is 1630 g/mol. The number of aliphatic hydroxyl groups excluding tert-OH is 6. The van der Waals surface area contributed by atoms with Gasteiger partial charge in [0.2, 0.25) is 0 Å². The Balaban J connectivity index is 0.000000275. The van der Waals surface area contributed by atoms with Gasteiger partial charge >= 0.3 is 23.5 Å². The van der Waals surface area contributed by atoms with Gasteiger partial charge < -0.3 is 123 Å². The number of Topliss-reactive ketones (excluding diaryl/α,β-unsaturated/α-hetero) is 2. The second-order valence-electron chi connectivity index (χ2n) is 36.9. The standard InChI is InChI=1S/C46H62N4O11.C38H69NO13.C6H9N3O3/c1-22(2)21-50-18-16-46(17-19-50)48-34-31-32-39(54)28(8)42-33(31)43(56)45(10,61-42)59-20-15-30(58-11)25(5)41(60-29(9)51)27(7)38(53)26(6)37(52)23(3)13-12-14-24(4)44(57)47-36(40(32)55)35(34)49-46;1-15-26-38(10,45)31(42)21(4)28(40)19(2)17-37(9,47-14)33(52-35-29(41)25(39(11)12)16-20(3)48-35)22(5)30(23(6)34(44)50-26)51-27-18-36(8,46-13)32(43)24(7)49-27;1-5-7-4-6(9(11)12)8(5)2-3-10/h12-15,20,22-23,25-27,30,37-38,41,48,52-55H,16-19,21H2,1-11H3;19-27,29-33,35,41-43,45H,15-18H2,1-14H3;4,10H,2-3H2,1H3/b13-12+,20-15+,24-14-,47-36?;;/t23-,25+,26+,27+,30-,37-,38+,41+,45-;19-,20-,21+,22?,23-,24+,25+,26-,27+,29-,30+,31-,32+,33-,35+,36-,37-,38-;/m01./s1. The van der Waals surface area contributed by atoms with E-state index in [0.717, 1.165) is 19.6 Å². The molecule has 1 unspecified atom stereocenters. The van der Waals surface area contributed by atoms with Crippen LogP contribution in [-0.4, -0.2) is 281 Å². The number of esters is 2. The van der Waals surface area contributed by atoms with Gasteiger partial charge in [0.1, 0.15) is 76.4 Å². The molecule has 1 spiro atoms. The van der Waals surface area contributed by atoms with Crippen molar-refractivity contribution in [2.24, 2.45) is 63.2 Å². The number of phenols is 2. The zero-order chi connectivity index (χ0) is 93.7. The highest BCUT2D eigenvalue weighted by molar-refractivity contribution is 6.21. The number of piperidine rings is 1. The van der Waals surface area contributed by atoms with Gasteiger partial charge in [-0.3, -0.25) is 29.0 Å². The number of nitro groups is 1. The minimum atomic E-state index is -1.96. The summed E-state index contributed by atoms with van der Waals surface area (Å²) in [5.74, 6) is -10.6. The third kappa shape index (κ3) is 22.1. The number of hydrogen-bond acceptors (Lipinski definition) is 32. The number of ether oxygens (including phenoxy) is 11. The largest absolute Gasteiger partial charge is 0.507 e. The molecule has 27 atom stereocenters. The lowest BCUT2D eigenvalue weighted by atomic mass is 9.74. The van der Waals surface area contributed by atoms with Crippen LogP contribution >= 0.6 is 0 Å². The van der Waals surface area contributed by atoms with Crippen molar-refractivity contribution < 1.29 is 127 Å². The van der Waals surface area contributed by atoms with E-state index in [1.807, 2.05) is 32.8 Å². The molecule has 35 heteroatoms. The Morgan fingerprint density at radius 1 is 0.792 bits per heavy atom. The highest BCUT2D eigenvalue weighted by Crippen LogP contribution is 2.52. The lowest BCUT2D eigenvalue weighted by Crippen LogP contribution is -2.61. The molecule has 7 aliphatic rings. The van der Waals surface area contributed by atoms with Gasteiger partial charge in [-0.2, -0.15) is 0 Å². The Hall–Kier alpha value is -7.56. The molecule has 0 radical (unpaired) electrons. The van der Waals surface area contributed by atoms with Gasteiger partial charge in [-0.15, -0.1) is 0 Å². The topological polar surface area (TPSA) is 473 Å². The van der Waals surface area contributed by atoms with Crippen LogP contribution in [0.25, 0.3) is 10.8 Å². The summed E-state index contributed by atoms with van der Waals surface area (Å²) in [4.78, 5) is 96.6. The highest BCUT2D eigenvalue weighted by Gasteiger charge is 2.56. The molecule has 0 saturated carbocycles. The fraction of sp³-hybridized carbons (Fsp3) is 0.733. The first-order valence-electron chi connectivity index (χ1n) is 43.5. The number of benzene rings is 2. The van der Waals surface area contributed by atoms with E-state index in [4.69, 9.17) is 62.2 Å². The number of nitrogens with one attached hydrogen (secondary N) is 1. The number of rotatable bonds is 15. The van der Waals surface area contributed by atoms with E-state index in [2.05, 4.69) is 34.0 Å². The summed E-state index contributed by atoms with van der Waals surface area (Å²) >= 11 is 0. The van der Waals surface area contributed by atoms with Gasteiger partial charge in [-0.05, 0) is 106 Å². The summed E-state index contributed by atoms with van der Waals surface area (Å²) in [5.41, 5.74) is -4.36. The Kier molecular flexibility index (Phi) is 34.5. The molecule has 7 aliphatic heterocycles. The molecule has 2 aromatic carbocycles. The first-order chi connectivity index (χ1) is 58.3.